The Bertz CT molecular complexity index is 924. The second-order valence-corrected chi connectivity index (χ2v) is 8.82. The minimum Gasteiger partial charge on any atom is -0.466 e. The summed E-state index contributed by atoms with van der Waals surface area (Å²) >= 11 is 0. The third-order valence-corrected chi connectivity index (χ3v) is 6.27. The molecule has 0 bridgehead atoms. The third-order valence-electron chi connectivity index (χ3n) is 4.42. The van der Waals surface area contributed by atoms with Crippen molar-refractivity contribution in [2.45, 2.75) is 44.8 Å². The van der Waals surface area contributed by atoms with Gasteiger partial charge in [-0.25, -0.2) is 8.42 Å². The van der Waals surface area contributed by atoms with Gasteiger partial charge in [-0.05, 0) is 58.0 Å². The summed E-state index contributed by atoms with van der Waals surface area (Å²) in [6.07, 6.45) is -0.299. The second-order valence-electron chi connectivity index (χ2n) is 6.88. The van der Waals surface area contributed by atoms with Crippen LogP contribution in [0.25, 0.3) is 0 Å². The maximum Gasteiger partial charge on any atom is 0.259 e. The van der Waals surface area contributed by atoms with Crippen molar-refractivity contribution in [3.8, 4) is 0 Å². The van der Waals surface area contributed by atoms with Crippen molar-refractivity contribution >= 4 is 21.6 Å². The van der Waals surface area contributed by atoms with Gasteiger partial charge < -0.3 is 14.5 Å². The normalized spacial score (nSPS) is 21.2. The summed E-state index contributed by atoms with van der Waals surface area (Å²) in [7, 11) is -3.60. The number of hydrogen-bond acceptors (Lipinski definition) is 5. The van der Waals surface area contributed by atoms with E-state index in [4.69, 9.17) is 9.15 Å². The van der Waals surface area contributed by atoms with Crippen LogP contribution in [0.15, 0.2) is 39.6 Å². The Labute approximate surface area is 159 Å². The number of furan rings is 1. The monoisotopic (exact) mass is 392 g/mol. The van der Waals surface area contributed by atoms with Crippen LogP contribution in [-0.2, 0) is 14.8 Å². The summed E-state index contributed by atoms with van der Waals surface area (Å²) in [5, 5.41) is 2.76. The number of rotatable bonds is 4. The van der Waals surface area contributed by atoms with E-state index in [1.165, 1.54) is 16.4 Å². The van der Waals surface area contributed by atoms with E-state index in [0.29, 0.717) is 35.9 Å². The van der Waals surface area contributed by atoms with Gasteiger partial charge in [-0.2, -0.15) is 4.31 Å². The number of benzene rings is 1. The fraction of sp³-hybridized carbons (Fsp3) is 0.421. The highest BCUT2D eigenvalue weighted by atomic mass is 32.2. The zero-order valence-electron chi connectivity index (χ0n) is 15.9. The lowest BCUT2D eigenvalue weighted by atomic mass is 10.2. The lowest BCUT2D eigenvalue weighted by Crippen LogP contribution is -2.48. The van der Waals surface area contributed by atoms with Crippen molar-refractivity contribution in [3.63, 3.8) is 0 Å². The fourth-order valence-corrected chi connectivity index (χ4v) is 4.83. The highest BCUT2D eigenvalue weighted by Gasteiger charge is 2.32. The molecule has 1 aromatic carbocycles. The number of morpholine rings is 1. The molecule has 3 rings (SSSR count). The zero-order chi connectivity index (χ0) is 19.8. The molecule has 2 unspecified atom stereocenters. The second kappa shape index (κ2) is 7.46. The summed E-state index contributed by atoms with van der Waals surface area (Å²) in [6.45, 7) is 7.86. The summed E-state index contributed by atoms with van der Waals surface area (Å²) in [5.74, 6) is 0.906. The molecule has 0 saturated carbocycles. The van der Waals surface area contributed by atoms with Crippen molar-refractivity contribution in [2.24, 2.45) is 0 Å². The number of carbonyl (C=O) groups excluding carboxylic acids is 1. The van der Waals surface area contributed by atoms with Gasteiger partial charge in [0, 0.05) is 18.8 Å². The Morgan fingerprint density at radius 3 is 2.22 bits per heavy atom. The first-order chi connectivity index (χ1) is 12.7. The smallest absolute Gasteiger partial charge is 0.259 e. The topological polar surface area (TPSA) is 88.9 Å². The molecule has 27 heavy (non-hydrogen) atoms. The summed E-state index contributed by atoms with van der Waals surface area (Å²) in [5.41, 5.74) is 0.974. The number of nitrogens with zero attached hydrogens (tertiary/aromatic N) is 1. The molecule has 1 aliphatic heterocycles. The van der Waals surface area contributed by atoms with Crippen LogP contribution >= 0.6 is 0 Å². The average molecular weight is 392 g/mol. The molecule has 1 fully saturated rings. The number of amides is 1. The molecule has 1 N–H and O–H groups in total. The van der Waals surface area contributed by atoms with Gasteiger partial charge in [0.25, 0.3) is 5.91 Å². The molecule has 1 aliphatic rings. The van der Waals surface area contributed by atoms with Crippen LogP contribution in [0.5, 0.6) is 0 Å². The zero-order valence-corrected chi connectivity index (χ0v) is 16.7. The predicted molar refractivity (Wildman–Crippen MR) is 101 cm³/mol. The number of sulfonamides is 1. The molecule has 1 amide bonds. The van der Waals surface area contributed by atoms with Crippen LogP contribution in [0.3, 0.4) is 0 Å². The van der Waals surface area contributed by atoms with Crippen molar-refractivity contribution in [3.05, 3.63) is 47.4 Å². The van der Waals surface area contributed by atoms with Crippen molar-refractivity contribution < 1.29 is 22.4 Å². The number of anilines is 1. The summed E-state index contributed by atoms with van der Waals surface area (Å²) in [6, 6.07) is 7.84. The number of carbonyl (C=O) groups is 1. The van der Waals surface area contributed by atoms with E-state index in [2.05, 4.69) is 5.32 Å². The Morgan fingerprint density at radius 1 is 1.11 bits per heavy atom. The van der Waals surface area contributed by atoms with E-state index >= 15 is 0 Å². The fourth-order valence-electron chi connectivity index (χ4n) is 3.24. The predicted octanol–water partition coefficient (Wildman–Crippen LogP) is 2.95. The lowest BCUT2D eigenvalue weighted by molar-refractivity contribution is -0.0440. The average Bonchev–Trinajstić information content (AvgIpc) is 2.93. The molecule has 2 heterocycles. The third kappa shape index (κ3) is 4.23. The minimum absolute atomic E-state index is 0.149. The highest BCUT2D eigenvalue weighted by Crippen LogP contribution is 2.23. The van der Waals surface area contributed by atoms with E-state index in [-0.39, 0.29) is 23.0 Å². The molecule has 1 saturated heterocycles. The molecule has 7 nitrogen and oxygen atoms in total. The number of hydrogen-bond donors (Lipinski definition) is 1. The first-order valence-corrected chi connectivity index (χ1v) is 10.2. The molecule has 0 spiro atoms. The quantitative estimate of drug-likeness (QED) is 0.864. The Morgan fingerprint density at radius 2 is 1.70 bits per heavy atom. The van der Waals surface area contributed by atoms with Gasteiger partial charge in [-0.3, -0.25) is 4.79 Å². The number of aryl methyl sites for hydroxylation is 2. The van der Waals surface area contributed by atoms with Gasteiger partial charge in [0.1, 0.15) is 11.5 Å². The van der Waals surface area contributed by atoms with E-state index in [9.17, 15) is 13.2 Å². The molecule has 1 aromatic heterocycles. The molecular formula is C19H24N2O5S. The molecule has 2 atom stereocenters. The minimum atomic E-state index is -3.60. The Kier molecular flexibility index (Phi) is 5.41. The van der Waals surface area contributed by atoms with Crippen molar-refractivity contribution in [1.82, 2.24) is 4.31 Å². The van der Waals surface area contributed by atoms with Crippen LogP contribution in [-0.4, -0.2) is 43.9 Å². The van der Waals surface area contributed by atoms with Crippen molar-refractivity contribution in [1.29, 1.82) is 0 Å². The standard InChI is InChI=1S/C19H24N2O5S/c1-12-9-18(15(4)26-12)19(22)20-16-5-7-17(8-6-16)27(23,24)21-10-13(2)25-14(3)11-21/h5-9,13-14H,10-11H2,1-4H3,(H,20,22). The van der Waals surface area contributed by atoms with Gasteiger partial charge >= 0.3 is 0 Å². The van der Waals surface area contributed by atoms with Crippen LogP contribution in [0.4, 0.5) is 5.69 Å². The molecular weight excluding hydrogens is 368 g/mol. The number of nitrogens with one attached hydrogen (secondary N) is 1. The molecule has 146 valence electrons. The highest BCUT2D eigenvalue weighted by molar-refractivity contribution is 7.89. The van der Waals surface area contributed by atoms with Crippen LogP contribution in [0, 0.1) is 13.8 Å². The van der Waals surface area contributed by atoms with E-state index in [0.717, 1.165) is 0 Å². The van der Waals surface area contributed by atoms with Gasteiger partial charge in [-0.15, -0.1) is 0 Å². The van der Waals surface area contributed by atoms with Gasteiger partial charge in [0.2, 0.25) is 10.0 Å². The molecule has 2 aromatic rings. The van der Waals surface area contributed by atoms with Gasteiger partial charge in [0.15, 0.2) is 0 Å². The molecule has 0 radical (unpaired) electrons. The maximum absolute atomic E-state index is 12.9. The first kappa shape index (κ1) is 19.6. The largest absolute Gasteiger partial charge is 0.466 e. The Balaban J connectivity index is 1.75. The molecule has 0 aliphatic carbocycles. The maximum atomic E-state index is 12.9. The SMILES string of the molecule is Cc1cc(C(=O)Nc2ccc(S(=O)(=O)N3CC(C)OC(C)C3)cc2)c(C)o1. The van der Waals surface area contributed by atoms with Crippen LogP contribution < -0.4 is 5.32 Å². The first-order valence-electron chi connectivity index (χ1n) is 8.81. The Hall–Kier alpha value is -2.16. The summed E-state index contributed by atoms with van der Waals surface area (Å²) in [4.78, 5) is 12.5. The van der Waals surface area contributed by atoms with E-state index < -0.39 is 10.0 Å². The summed E-state index contributed by atoms with van der Waals surface area (Å²) < 4.78 is 38.1. The van der Waals surface area contributed by atoms with E-state index in [1.54, 1.807) is 32.0 Å². The van der Waals surface area contributed by atoms with Gasteiger partial charge in [-0.1, -0.05) is 0 Å². The number of ether oxygens (including phenoxy) is 1. The van der Waals surface area contributed by atoms with Gasteiger partial charge in [0.05, 0.1) is 22.7 Å². The van der Waals surface area contributed by atoms with Crippen molar-refractivity contribution in [2.75, 3.05) is 18.4 Å². The van der Waals surface area contributed by atoms with Crippen LogP contribution in [0.1, 0.15) is 35.7 Å². The lowest BCUT2D eigenvalue weighted by Gasteiger charge is -2.34. The van der Waals surface area contributed by atoms with Crippen LogP contribution in [0.2, 0.25) is 0 Å². The molecule has 8 heteroatoms. The van der Waals surface area contributed by atoms with E-state index in [1.807, 2.05) is 13.8 Å².